The van der Waals surface area contributed by atoms with E-state index in [0.29, 0.717) is 12.0 Å². The van der Waals surface area contributed by atoms with Crippen LogP contribution < -0.4 is 5.32 Å². The lowest BCUT2D eigenvalue weighted by molar-refractivity contribution is 0.120. The first-order chi connectivity index (χ1) is 7.77. The van der Waals surface area contributed by atoms with Gasteiger partial charge in [0.2, 0.25) is 0 Å². The van der Waals surface area contributed by atoms with Crippen molar-refractivity contribution in [1.29, 1.82) is 0 Å². The van der Waals surface area contributed by atoms with E-state index in [0.717, 1.165) is 25.4 Å². The van der Waals surface area contributed by atoms with Crippen LogP contribution in [0.4, 0.5) is 5.82 Å². The fraction of sp³-hybridized carbons (Fsp3) is 0.615. The summed E-state index contributed by atoms with van der Waals surface area (Å²) in [7, 11) is 0. The van der Waals surface area contributed by atoms with E-state index in [-0.39, 0.29) is 0 Å². The van der Waals surface area contributed by atoms with Crippen LogP contribution in [0.15, 0.2) is 18.3 Å². The van der Waals surface area contributed by atoms with Gasteiger partial charge in [0.15, 0.2) is 0 Å². The Kier molecular flexibility index (Phi) is 3.78. The summed E-state index contributed by atoms with van der Waals surface area (Å²) >= 11 is 0. The van der Waals surface area contributed by atoms with E-state index < -0.39 is 0 Å². The topological polar surface area (TPSA) is 34.2 Å². The van der Waals surface area contributed by atoms with Crippen LogP contribution in [0.25, 0.3) is 0 Å². The summed E-state index contributed by atoms with van der Waals surface area (Å²) in [5, 5.41) is 3.40. The highest BCUT2D eigenvalue weighted by atomic mass is 16.5. The van der Waals surface area contributed by atoms with Crippen molar-refractivity contribution in [3.63, 3.8) is 0 Å². The lowest BCUT2D eigenvalue weighted by atomic mass is 10.0. The fourth-order valence-electron chi connectivity index (χ4n) is 2.05. The fourth-order valence-corrected chi connectivity index (χ4v) is 2.05. The summed E-state index contributed by atoms with van der Waals surface area (Å²) < 4.78 is 5.58. The molecule has 0 saturated carbocycles. The monoisotopic (exact) mass is 220 g/mol. The van der Waals surface area contributed by atoms with Gasteiger partial charge in [-0.05, 0) is 30.4 Å². The van der Waals surface area contributed by atoms with Crippen molar-refractivity contribution in [1.82, 2.24) is 4.98 Å². The molecule has 0 spiro atoms. The predicted octanol–water partition coefficient (Wildman–Crippen LogP) is 2.80. The Bertz CT molecular complexity index is 332. The van der Waals surface area contributed by atoms with E-state index in [2.05, 4.69) is 30.2 Å². The summed E-state index contributed by atoms with van der Waals surface area (Å²) in [5.41, 5.74) is 1.28. The van der Waals surface area contributed by atoms with E-state index in [1.54, 1.807) is 0 Å². The van der Waals surface area contributed by atoms with Crippen LogP contribution in [0.2, 0.25) is 0 Å². The molecule has 0 aliphatic carbocycles. The summed E-state index contributed by atoms with van der Waals surface area (Å²) in [6.45, 7) is 6.16. The maximum Gasteiger partial charge on any atom is 0.129 e. The van der Waals surface area contributed by atoms with Crippen LogP contribution in [0.1, 0.15) is 38.2 Å². The molecular weight excluding hydrogens is 200 g/mol. The Morgan fingerprint density at radius 3 is 3.12 bits per heavy atom. The van der Waals surface area contributed by atoms with Gasteiger partial charge in [-0.15, -0.1) is 0 Å². The molecule has 2 heterocycles. The number of aromatic nitrogens is 1. The van der Waals surface area contributed by atoms with Crippen molar-refractivity contribution in [2.24, 2.45) is 0 Å². The Morgan fingerprint density at radius 1 is 1.56 bits per heavy atom. The first-order valence-corrected chi connectivity index (χ1v) is 6.07. The molecule has 3 nitrogen and oxygen atoms in total. The Labute approximate surface area is 97.2 Å². The standard InChI is InChI=1S/C13H20N2O/c1-10(2)12-6-3-7-14-13(12)15-9-11-5-4-8-16-11/h3,6-7,10-11H,4-5,8-9H2,1-2H3,(H,14,15)/t11-/m0/s1. The minimum absolute atomic E-state index is 0.363. The minimum Gasteiger partial charge on any atom is -0.376 e. The molecule has 0 amide bonds. The SMILES string of the molecule is CC(C)c1cccnc1NC[C@@H]1CCCO1. The predicted molar refractivity (Wildman–Crippen MR) is 65.8 cm³/mol. The Morgan fingerprint density at radius 2 is 2.44 bits per heavy atom. The average molecular weight is 220 g/mol. The van der Waals surface area contributed by atoms with E-state index in [9.17, 15) is 0 Å². The molecule has 1 aromatic heterocycles. The molecular formula is C13H20N2O. The zero-order valence-electron chi connectivity index (χ0n) is 10.1. The molecule has 0 unspecified atom stereocenters. The van der Waals surface area contributed by atoms with Gasteiger partial charge in [-0.3, -0.25) is 0 Å². The maximum absolute atomic E-state index is 5.58. The number of nitrogens with zero attached hydrogens (tertiary/aromatic N) is 1. The summed E-state index contributed by atoms with van der Waals surface area (Å²) in [5.74, 6) is 1.51. The maximum atomic E-state index is 5.58. The van der Waals surface area contributed by atoms with Gasteiger partial charge in [0.05, 0.1) is 6.10 Å². The molecule has 1 saturated heterocycles. The number of anilines is 1. The molecule has 16 heavy (non-hydrogen) atoms. The highest BCUT2D eigenvalue weighted by molar-refractivity contribution is 5.45. The molecule has 0 bridgehead atoms. The highest BCUT2D eigenvalue weighted by Gasteiger charge is 2.16. The molecule has 1 fully saturated rings. The van der Waals surface area contributed by atoms with Gasteiger partial charge in [-0.25, -0.2) is 4.98 Å². The summed E-state index contributed by atoms with van der Waals surface area (Å²) in [6, 6.07) is 4.13. The van der Waals surface area contributed by atoms with Crippen LogP contribution in [-0.2, 0) is 4.74 Å². The van der Waals surface area contributed by atoms with Crippen LogP contribution in [0.3, 0.4) is 0 Å². The van der Waals surface area contributed by atoms with Gasteiger partial charge >= 0.3 is 0 Å². The zero-order valence-corrected chi connectivity index (χ0v) is 10.1. The van der Waals surface area contributed by atoms with Crippen molar-refractivity contribution in [2.45, 2.75) is 38.7 Å². The second-order valence-electron chi connectivity index (χ2n) is 4.61. The first-order valence-electron chi connectivity index (χ1n) is 6.07. The van der Waals surface area contributed by atoms with Crippen LogP contribution in [0, 0.1) is 0 Å². The third kappa shape index (κ3) is 2.73. The van der Waals surface area contributed by atoms with Gasteiger partial charge < -0.3 is 10.1 Å². The third-order valence-corrected chi connectivity index (χ3v) is 2.98. The normalized spacial score (nSPS) is 20.3. The quantitative estimate of drug-likeness (QED) is 0.847. The van der Waals surface area contributed by atoms with Crippen LogP contribution in [-0.4, -0.2) is 24.2 Å². The molecule has 0 radical (unpaired) electrons. The average Bonchev–Trinajstić information content (AvgIpc) is 2.79. The minimum atomic E-state index is 0.363. The first kappa shape index (κ1) is 11.4. The molecule has 1 aliphatic heterocycles. The number of nitrogens with one attached hydrogen (secondary N) is 1. The second kappa shape index (κ2) is 5.30. The van der Waals surface area contributed by atoms with Gasteiger partial charge in [0.1, 0.15) is 5.82 Å². The van der Waals surface area contributed by atoms with Crippen molar-refractivity contribution in [2.75, 3.05) is 18.5 Å². The lowest BCUT2D eigenvalue weighted by Gasteiger charge is -2.15. The third-order valence-electron chi connectivity index (χ3n) is 2.98. The highest BCUT2D eigenvalue weighted by Crippen LogP contribution is 2.22. The second-order valence-corrected chi connectivity index (χ2v) is 4.61. The van der Waals surface area contributed by atoms with Crippen molar-refractivity contribution >= 4 is 5.82 Å². The molecule has 1 aliphatic rings. The number of rotatable bonds is 4. The van der Waals surface area contributed by atoms with Gasteiger partial charge in [0.25, 0.3) is 0 Å². The number of hydrogen-bond donors (Lipinski definition) is 1. The molecule has 88 valence electrons. The van der Waals surface area contributed by atoms with Gasteiger partial charge in [-0.1, -0.05) is 19.9 Å². The van der Waals surface area contributed by atoms with E-state index in [1.165, 1.54) is 12.0 Å². The summed E-state index contributed by atoms with van der Waals surface area (Å²) in [4.78, 5) is 4.39. The van der Waals surface area contributed by atoms with Crippen molar-refractivity contribution in [3.05, 3.63) is 23.9 Å². The summed E-state index contributed by atoms with van der Waals surface area (Å²) in [6.07, 6.45) is 4.55. The van der Waals surface area contributed by atoms with Crippen molar-refractivity contribution < 1.29 is 4.74 Å². The Hall–Kier alpha value is -1.09. The van der Waals surface area contributed by atoms with Crippen LogP contribution in [0.5, 0.6) is 0 Å². The van der Waals surface area contributed by atoms with E-state index in [1.807, 2.05) is 12.3 Å². The molecule has 0 aromatic carbocycles. The van der Waals surface area contributed by atoms with Gasteiger partial charge in [0, 0.05) is 19.3 Å². The van der Waals surface area contributed by atoms with Crippen LogP contribution >= 0.6 is 0 Å². The number of ether oxygens (including phenoxy) is 1. The molecule has 1 atom stereocenters. The lowest BCUT2D eigenvalue weighted by Crippen LogP contribution is -2.19. The van der Waals surface area contributed by atoms with Gasteiger partial charge in [-0.2, -0.15) is 0 Å². The van der Waals surface area contributed by atoms with E-state index >= 15 is 0 Å². The Balaban J connectivity index is 1.97. The molecule has 1 aromatic rings. The zero-order chi connectivity index (χ0) is 11.4. The molecule has 1 N–H and O–H groups in total. The smallest absolute Gasteiger partial charge is 0.129 e. The molecule has 3 heteroatoms. The largest absolute Gasteiger partial charge is 0.376 e. The number of hydrogen-bond acceptors (Lipinski definition) is 3. The van der Waals surface area contributed by atoms with E-state index in [4.69, 9.17) is 4.74 Å². The molecule has 2 rings (SSSR count). The van der Waals surface area contributed by atoms with Crippen molar-refractivity contribution in [3.8, 4) is 0 Å². The number of pyridine rings is 1.